The Labute approximate surface area is 442 Å². The molecule has 2 aromatic heterocycles. The molecule has 11 aromatic rings. The topological polar surface area (TPSA) is 33.5 Å². The number of ether oxygens (including phenoxy) is 1. The molecule has 0 fully saturated rings. The van der Waals surface area contributed by atoms with Crippen LogP contribution < -0.4 is 14.5 Å². The molecule has 0 atom stereocenters. The van der Waals surface area contributed by atoms with Crippen LogP contribution in [0.2, 0.25) is 0 Å². The van der Waals surface area contributed by atoms with Crippen molar-refractivity contribution in [2.24, 2.45) is 0 Å². The van der Waals surface area contributed by atoms with Crippen LogP contribution >= 0.6 is 0 Å². The molecule has 0 unspecified atom stereocenters. The Morgan fingerprint density at radius 2 is 1.00 bits per heavy atom. The first-order chi connectivity index (χ1) is 36.3. The zero-order valence-corrected chi connectivity index (χ0v) is 44.2. The van der Waals surface area contributed by atoms with E-state index in [2.05, 4.69) is 282 Å². The van der Waals surface area contributed by atoms with E-state index in [1.54, 1.807) is 0 Å². The molecule has 12 rings (SSSR count). The van der Waals surface area contributed by atoms with Crippen molar-refractivity contribution < 1.29 is 4.74 Å². The van der Waals surface area contributed by atoms with Gasteiger partial charge in [0.2, 0.25) is 0 Å². The maximum Gasteiger partial charge on any atom is 0.137 e. The quantitative estimate of drug-likeness (QED) is 0.144. The zero-order chi connectivity index (χ0) is 51.6. The monoisotopic (exact) mass is 974 g/mol. The van der Waals surface area contributed by atoms with Crippen LogP contribution in [0.4, 0.5) is 22.7 Å². The number of hydrogen-bond acceptors (Lipinski definition) is 4. The van der Waals surface area contributed by atoms with Gasteiger partial charge in [-0.05, 0) is 112 Å². The smallest absolute Gasteiger partial charge is 0.137 e. The Bertz CT molecular complexity index is 3910. The van der Waals surface area contributed by atoms with E-state index < -0.39 is 0 Å². The Hall–Kier alpha value is -8.67. The van der Waals surface area contributed by atoms with Gasteiger partial charge in [0.25, 0.3) is 0 Å². The number of aromatic nitrogens is 2. The summed E-state index contributed by atoms with van der Waals surface area (Å²) in [6.07, 6.45) is 2.02. The fraction of sp³-hybridized carbons (Fsp3) is 0.157. The third kappa shape index (κ3) is 8.82. The number of benzene rings is 9. The highest BCUT2D eigenvalue weighted by Gasteiger charge is 2.32. The normalized spacial score (nSPS) is 12.7. The van der Waals surface area contributed by atoms with Gasteiger partial charge in [-0.2, -0.15) is 0 Å². The third-order valence-electron chi connectivity index (χ3n) is 15.1. The van der Waals surface area contributed by atoms with Gasteiger partial charge < -0.3 is 14.5 Å². The molecule has 0 spiro atoms. The predicted molar refractivity (Wildman–Crippen MR) is 316 cm³/mol. The van der Waals surface area contributed by atoms with Gasteiger partial charge in [-0.3, -0.25) is 4.57 Å². The Balaban J connectivity index is 0.966. The van der Waals surface area contributed by atoms with Gasteiger partial charge in [0.15, 0.2) is 0 Å². The van der Waals surface area contributed by atoms with E-state index in [1.807, 2.05) is 6.20 Å². The van der Waals surface area contributed by atoms with E-state index in [4.69, 9.17) is 9.72 Å². The van der Waals surface area contributed by atoms with Crippen LogP contribution in [0.15, 0.2) is 219 Å². The lowest BCUT2D eigenvalue weighted by atomic mass is 9.86. The molecule has 5 heteroatoms. The van der Waals surface area contributed by atoms with E-state index in [0.29, 0.717) is 6.67 Å². The lowest BCUT2D eigenvalue weighted by Crippen LogP contribution is -2.25. The number of hydrogen-bond donors (Lipinski definition) is 0. The molecule has 0 aliphatic carbocycles. The van der Waals surface area contributed by atoms with Crippen molar-refractivity contribution in [3.63, 3.8) is 0 Å². The summed E-state index contributed by atoms with van der Waals surface area (Å²) in [5.41, 5.74) is 21.0. The molecule has 0 amide bonds. The molecule has 9 aromatic carbocycles. The lowest BCUT2D eigenvalue weighted by molar-refractivity contribution is 0.483. The summed E-state index contributed by atoms with van der Waals surface area (Å²) < 4.78 is 9.45. The summed E-state index contributed by atoms with van der Waals surface area (Å²) in [5.74, 6) is 2.35. The van der Waals surface area contributed by atoms with Gasteiger partial charge in [-0.15, -0.1) is 0 Å². The summed E-state index contributed by atoms with van der Waals surface area (Å²) in [5, 5.41) is 2.32. The van der Waals surface area contributed by atoms with Crippen molar-refractivity contribution in [2.45, 2.75) is 66.2 Å². The Morgan fingerprint density at radius 1 is 0.440 bits per heavy atom. The second-order valence-corrected chi connectivity index (χ2v) is 22.2. The van der Waals surface area contributed by atoms with Crippen LogP contribution in [-0.4, -0.2) is 16.2 Å². The standard InChI is InChI=1S/C70H62N4O/c1-46-28-30-51(31-29-46)61-44-71-66(40-47(61)2)74-62-25-13-12-22-59(62)67-60(50-34-38-53(39-35-50)70(6,7)8)42-56(43-65(67)74)75-55-21-16-20-54(41-55)72-45-73(64-27-15-14-26-63(64)72)68-57(48-18-10-9-11-19-48)23-17-24-58(68)49-32-36-52(37-33-49)69(3,4)5/h9-44H,45H2,1-8H3. The van der Waals surface area contributed by atoms with Crippen LogP contribution in [0.1, 0.15) is 63.8 Å². The lowest BCUT2D eigenvalue weighted by Gasteiger charge is -2.27. The van der Waals surface area contributed by atoms with E-state index >= 15 is 0 Å². The van der Waals surface area contributed by atoms with Crippen LogP contribution in [0.25, 0.3) is 72.1 Å². The molecule has 1 aliphatic heterocycles. The molecule has 0 N–H and O–H groups in total. The summed E-state index contributed by atoms with van der Waals surface area (Å²) in [6, 6.07) is 77.1. The number of rotatable bonds is 9. The van der Waals surface area contributed by atoms with Crippen molar-refractivity contribution in [1.82, 2.24) is 9.55 Å². The van der Waals surface area contributed by atoms with E-state index in [-0.39, 0.29) is 10.8 Å². The number of fused-ring (bicyclic) bond motifs is 4. The number of anilines is 4. The molecule has 0 bridgehead atoms. The second-order valence-electron chi connectivity index (χ2n) is 22.2. The fourth-order valence-corrected chi connectivity index (χ4v) is 11.0. The summed E-state index contributed by atoms with van der Waals surface area (Å²) in [4.78, 5) is 10.1. The number of para-hydroxylation sites is 4. The minimum atomic E-state index is 0.0208. The zero-order valence-electron chi connectivity index (χ0n) is 44.2. The van der Waals surface area contributed by atoms with Gasteiger partial charge in [0, 0.05) is 51.5 Å². The summed E-state index contributed by atoms with van der Waals surface area (Å²) in [6.45, 7) is 18.5. The summed E-state index contributed by atoms with van der Waals surface area (Å²) >= 11 is 0. The minimum Gasteiger partial charge on any atom is -0.457 e. The first kappa shape index (κ1) is 47.3. The Morgan fingerprint density at radius 3 is 1.65 bits per heavy atom. The average molecular weight is 975 g/mol. The van der Waals surface area contributed by atoms with Crippen LogP contribution in [0.3, 0.4) is 0 Å². The van der Waals surface area contributed by atoms with Gasteiger partial charge in [0.05, 0.1) is 28.1 Å². The second kappa shape index (κ2) is 18.7. The molecular weight excluding hydrogens is 913 g/mol. The fourth-order valence-electron chi connectivity index (χ4n) is 11.0. The highest BCUT2D eigenvalue weighted by atomic mass is 16.5. The van der Waals surface area contributed by atoms with Crippen molar-refractivity contribution in [2.75, 3.05) is 16.5 Å². The SMILES string of the molecule is Cc1ccc(-c2cnc(-n3c4ccccc4c4c(-c5ccc(C(C)(C)C)cc5)cc(Oc5cccc(N6CN(c7c(-c8ccccc8)cccc7-c7ccc(C(C)(C)C)cc7)c7ccccc76)c5)cc43)cc2C)cc1. The first-order valence-electron chi connectivity index (χ1n) is 26.2. The number of pyridine rings is 1. The first-order valence-corrected chi connectivity index (χ1v) is 26.2. The van der Waals surface area contributed by atoms with Gasteiger partial charge in [0.1, 0.15) is 24.0 Å². The maximum atomic E-state index is 7.14. The molecule has 0 radical (unpaired) electrons. The van der Waals surface area contributed by atoms with Gasteiger partial charge >= 0.3 is 0 Å². The van der Waals surface area contributed by atoms with E-state index in [9.17, 15) is 0 Å². The molecule has 3 heterocycles. The largest absolute Gasteiger partial charge is 0.457 e. The molecule has 0 saturated carbocycles. The summed E-state index contributed by atoms with van der Waals surface area (Å²) in [7, 11) is 0. The molecule has 0 saturated heterocycles. The van der Waals surface area contributed by atoms with E-state index in [1.165, 1.54) is 44.6 Å². The molecule has 368 valence electrons. The van der Waals surface area contributed by atoms with E-state index in [0.717, 1.165) is 84.0 Å². The van der Waals surface area contributed by atoms with Crippen molar-refractivity contribution in [3.8, 4) is 61.8 Å². The minimum absolute atomic E-state index is 0.0208. The molecular formula is C70H62N4O. The molecule has 75 heavy (non-hydrogen) atoms. The maximum absolute atomic E-state index is 7.14. The molecule has 5 nitrogen and oxygen atoms in total. The van der Waals surface area contributed by atoms with Crippen LogP contribution in [-0.2, 0) is 10.8 Å². The van der Waals surface area contributed by atoms with Crippen molar-refractivity contribution in [1.29, 1.82) is 0 Å². The highest BCUT2D eigenvalue weighted by molar-refractivity contribution is 6.16. The average Bonchev–Trinajstić information content (AvgIpc) is 3.97. The van der Waals surface area contributed by atoms with Crippen LogP contribution in [0, 0.1) is 13.8 Å². The van der Waals surface area contributed by atoms with Crippen LogP contribution in [0.5, 0.6) is 11.5 Å². The number of aryl methyl sites for hydroxylation is 2. The highest BCUT2D eigenvalue weighted by Crippen LogP contribution is 2.51. The number of nitrogens with zero attached hydrogens (tertiary/aromatic N) is 4. The third-order valence-corrected chi connectivity index (χ3v) is 15.1. The Kier molecular flexibility index (Phi) is 11.8. The van der Waals surface area contributed by atoms with Crippen molar-refractivity contribution in [3.05, 3.63) is 241 Å². The molecule has 1 aliphatic rings. The predicted octanol–water partition coefficient (Wildman–Crippen LogP) is 19.1. The van der Waals surface area contributed by atoms with Gasteiger partial charge in [-0.25, -0.2) is 4.98 Å². The van der Waals surface area contributed by atoms with Gasteiger partial charge in [-0.1, -0.05) is 205 Å². The van der Waals surface area contributed by atoms with Crippen molar-refractivity contribution >= 4 is 44.6 Å².